The van der Waals surface area contributed by atoms with Crippen LogP contribution in [0.15, 0.2) is 44.4 Å². The molecular weight excluding hydrogens is 394 g/mol. The summed E-state index contributed by atoms with van der Waals surface area (Å²) in [4.78, 5) is 18.3. The van der Waals surface area contributed by atoms with Crippen LogP contribution >= 0.6 is 31.9 Å². The van der Waals surface area contributed by atoms with Crippen molar-refractivity contribution in [2.45, 2.75) is 0 Å². The van der Waals surface area contributed by atoms with Gasteiger partial charge >= 0.3 is 0 Å². The van der Waals surface area contributed by atoms with Crippen LogP contribution in [-0.2, 0) is 0 Å². The lowest BCUT2D eigenvalue weighted by atomic mass is 10.2. The van der Waals surface area contributed by atoms with E-state index in [1.165, 1.54) is 24.4 Å². The Bertz CT molecular complexity index is 704. The van der Waals surface area contributed by atoms with Crippen LogP contribution < -0.4 is 0 Å². The smallest absolute Gasteiger partial charge is 0.270 e. The maximum atomic E-state index is 10.7. The SMILES string of the molecule is O=[N+]([O-])c1ccc(O)c(/C=N/c2ncc(Br)cc2Br)c1. The Morgan fingerprint density at radius 1 is 1.35 bits per heavy atom. The molecule has 8 heteroatoms. The van der Waals surface area contributed by atoms with Crippen molar-refractivity contribution in [3.63, 3.8) is 0 Å². The van der Waals surface area contributed by atoms with E-state index < -0.39 is 4.92 Å². The van der Waals surface area contributed by atoms with Gasteiger partial charge in [0.25, 0.3) is 5.69 Å². The topological polar surface area (TPSA) is 88.6 Å². The molecule has 0 atom stereocenters. The molecule has 0 fully saturated rings. The number of benzene rings is 1. The number of aliphatic imine (C=N–C) groups is 1. The van der Waals surface area contributed by atoms with Crippen LogP contribution in [0.25, 0.3) is 0 Å². The number of non-ortho nitro benzene ring substituents is 1. The second-order valence-electron chi connectivity index (χ2n) is 3.72. The summed E-state index contributed by atoms with van der Waals surface area (Å²) in [6, 6.07) is 5.49. The first-order valence-corrected chi connectivity index (χ1v) is 6.88. The van der Waals surface area contributed by atoms with Gasteiger partial charge in [-0.2, -0.15) is 0 Å². The summed E-state index contributed by atoms with van der Waals surface area (Å²) >= 11 is 6.57. The van der Waals surface area contributed by atoms with E-state index in [0.717, 1.165) is 4.47 Å². The molecule has 0 saturated carbocycles. The van der Waals surface area contributed by atoms with Crippen molar-refractivity contribution in [3.8, 4) is 5.75 Å². The molecule has 102 valence electrons. The van der Waals surface area contributed by atoms with E-state index in [2.05, 4.69) is 41.8 Å². The van der Waals surface area contributed by atoms with E-state index in [0.29, 0.717) is 10.3 Å². The maximum Gasteiger partial charge on any atom is 0.270 e. The summed E-state index contributed by atoms with van der Waals surface area (Å²) in [5, 5.41) is 20.3. The number of rotatable bonds is 3. The lowest BCUT2D eigenvalue weighted by Gasteiger charge is -2.00. The molecule has 0 spiro atoms. The highest BCUT2D eigenvalue weighted by Crippen LogP contribution is 2.27. The van der Waals surface area contributed by atoms with Gasteiger partial charge in [-0.1, -0.05) is 0 Å². The average Bonchev–Trinajstić information content (AvgIpc) is 2.39. The van der Waals surface area contributed by atoms with Crippen molar-refractivity contribution < 1.29 is 10.0 Å². The number of nitro groups is 1. The number of aromatic nitrogens is 1. The summed E-state index contributed by atoms with van der Waals surface area (Å²) in [5.41, 5.74) is 0.128. The number of hydrogen-bond acceptors (Lipinski definition) is 5. The largest absolute Gasteiger partial charge is 0.507 e. The summed E-state index contributed by atoms with van der Waals surface area (Å²) in [5.74, 6) is 0.312. The Morgan fingerprint density at radius 3 is 2.75 bits per heavy atom. The molecule has 0 aliphatic rings. The Hall–Kier alpha value is -1.80. The molecule has 1 aromatic carbocycles. The zero-order valence-corrected chi connectivity index (χ0v) is 13.0. The molecule has 2 rings (SSSR count). The zero-order valence-electron chi connectivity index (χ0n) is 9.83. The van der Waals surface area contributed by atoms with Gasteiger partial charge in [-0.3, -0.25) is 10.1 Å². The molecule has 20 heavy (non-hydrogen) atoms. The van der Waals surface area contributed by atoms with Crippen molar-refractivity contribution in [2.24, 2.45) is 4.99 Å². The molecule has 0 unspecified atom stereocenters. The first kappa shape index (κ1) is 14.6. The second-order valence-corrected chi connectivity index (χ2v) is 5.49. The first-order valence-electron chi connectivity index (χ1n) is 5.30. The van der Waals surface area contributed by atoms with E-state index in [1.807, 2.05) is 0 Å². The lowest BCUT2D eigenvalue weighted by molar-refractivity contribution is -0.384. The van der Waals surface area contributed by atoms with Crippen LogP contribution in [0, 0.1) is 10.1 Å². The number of nitrogens with zero attached hydrogens (tertiary/aromatic N) is 3. The standard InChI is InChI=1S/C12H7Br2N3O3/c13-8-4-10(14)12(16-6-8)15-5-7-3-9(17(19)20)1-2-11(7)18/h1-6,18H/b15-5+. The highest BCUT2D eigenvalue weighted by atomic mass is 79.9. The molecule has 2 aromatic rings. The quantitative estimate of drug-likeness (QED) is 0.479. The molecule has 1 N–H and O–H groups in total. The van der Waals surface area contributed by atoms with Gasteiger partial charge in [0.2, 0.25) is 0 Å². The fourth-order valence-corrected chi connectivity index (χ4v) is 2.48. The van der Waals surface area contributed by atoms with Crippen molar-refractivity contribution >= 4 is 49.6 Å². The van der Waals surface area contributed by atoms with Crippen LogP contribution in [0.5, 0.6) is 5.75 Å². The fraction of sp³-hybridized carbons (Fsp3) is 0. The number of phenols is 1. The van der Waals surface area contributed by atoms with Gasteiger partial charge < -0.3 is 5.11 Å². The first-order chi connectivity index (χ1) is 9.47. The summed E-state index contributed by atoms with van der Waals surface area (Å²) in [6.07, 6.45) is 2.90. The zero-order chi connectivity index (χ0) is 14.7. The molecule has 0 saturated heterocycles. The third-order valence-corrected chi connectivity index (χ3v) is 3.35. The van der Waals surface area contributed by atoms with Gasteiger partial charge in [0.05, 0.1) is 9.40 Å². The number of hydrogen-bond donors (Lipinski definition) is 1. The Labute approximate surface area is 130 Å². The molecule has 1 aromatic heterocycles. The van der Waals surface area contributed by atoms with E-state index in [9.17, 15) is 15.2 Å². The van der Waals surface area contributed by atoms with Gasteiger partial charge in [-0.25, -0.2) is 9.98 Å². The molecule has 0 bridgehead atoms. The summed E-state index contributed by atoms with van der Waals surface area (Å²) in [7, 11) is 0. The molecule has 0 aliphatic heterocycles. The van der Waals surface area contributed by atoms with Crippen LogP contribution in [0.2, 0.25) is 0 Å². The Morgan fingerprint density at radius 2 is 2.10 bits per heavy atom. The average molecular weight is 401 g/mol. The van der Waals surface area contributed by atoms with Crippen LogP contribution in [-0.4, -0.2) is 21.2 Å². The molecule has 0 amide bonds. The summed E-state index contributed by atoms with van der Waals surface area (Å²) < 4.78 is 1.45. The second kappa shape index (κ2) is 6.10. The van der Waals surface area contributed by atoms with Gasteiger partial charge in [0.15, 0.2) is 5.82 Å². The predicted molar refractivity (Wildman–Crippen MR) is 81.7 cm³/mol. The molecular formula is C12H7Br2N3O3. The van der Waals surface area contributed by atoms with E-state index in [4.69, 9.17) is 0 Å². The van der Waals surface area contributed by atoms with Crippen LogP contribution in [0.4, 0.5) is 11.5 Å². The number of halogens is 2. The van der Waals surface area contributed by atoms with Gasteiger partial charge in [0, 0.05) is 34.6 Å². The normalized spacial score (nSPS) is 10.9. The van der Waals surface area contributed by atoms with Crippen molar-refractivity contribution in [2.75, 3.05) is 0 Å². The molecule has 6 nitrogen and oxygen atoms in total. The minimum absolute atomic E-state index is 0.0902. The third-order valence-electron chi connectivity index (χ3n) is 2.34. The molecule has 0 radical (unpaired) electrons. The lowest BCUT2D eigenvalue weighted by Crippen LogP contribution is -1.90. The monoisotopic (exact) mass is 399 g/mol. The van der Waals surface area contributed by atoms with E-state index in [1.54, 1.807) is 12.3 Å². The molecule has 0 aliphatic carbocycles. The number of pyridine rings is 1. The van der Waals surface area contributed by atoms with Crippen molar-refractivity contribution in [3.05, 3.63) is 55.1 Å². The highest BCUT2D eigenvalue weighted by molar-refractivity contribution is 9.11. The van der Waals surface area contributed by atoms with Gasteiger partial charge in [0.1, 0.15) is 5.75 Å². The number of aromatic hydroxyl groups is 1. The van der Waals surface area contributed by atoms with Crippen LogP contribution in [0.3, 0.4) is 0 Å². The van der Waals surface area contributed by atoms with Crippen molar-refractivity contribution in [1.82, 2.24) is 4.98 Å². The predicted octanol–water partition coefficient (Wildman–Crippen LogP) is 3.97. The minimum Gasteiger partial charge on any atom is -0.507 e. The Kier molecular flexibility index (Phi) is 4.46. The van der Waals surface area contributed by atoms with E-state index >= 15 is 0 Å². The fourth-order valence-electron chi connectivity index (χ4n) is 1.39. The third kappa shape index (κ3) is 3.40. The van der Waals surface area contributed by atoms with Crippen molar-refractivity contribution in [1.29, 1.82) is 0 Å². The number of nitro benzene ring substituents is 1. The van der Waals surface area contributed by atoms with Gasteiger partial charge in [-0.15, -0.1) is 0 Å². The number of phenolic OH excluding ortho intramolecular Hbond substituents is 1. The van der Waals surface area contributed by atoms with Gasteiger partial charge in [-0.05, 0) is 44.0 Å². The highest BCUT2D eigenvalue weighted by Gasteiger charge is 2.09. The minimum atomic E-state index is -0.537. The van der Waals surface area contributed by atoms with Crippen LogP contribution in [0.1, 0.15) is 5.56 Å². The maximum absolute atomic E-state index is 10.7. The molecule has 1 heterocycles. The Balaban J connectivity index is 2.35. The summed E-state index contributed by atoms with van der Waals surface area (Å²) in [6.45, 7) is 0. The van der Waals surface area contributed by atoms with E-state index in [-0.39, 0.29) is 17.0 Å².